The van der Waals surface area contributed by atoms with Gasteiger partial charge in [-0.2, -0.15) is 0 Å². The lowest BCUT2D eigenvalue weighted by Crippen LogP contribution is -2.42. The first-order valence-electron chi connectivity index (χ1n) is 5.60. The summed E-state index contributed by atoms with van der Waals surface area (Å²) in [6.07, 6.45) is 1.56. The summed E-state index contributed by atoms with van der Waals surface area (Å²) >= 11 is 0. The van der Waals surface area contributed by atoms with E-state index in [2.05, 4.69) is 4.98 Å². The lowest BCUT2D eigenvalue weighted by Gasteiger charge is -2.26. The maximum atomic E-state index is 12.7. The molecule has 1 N–H and O–H groups in total. The summed E-state index contributed by atoms with van der Waals surface area (Å²) in [7, 11) is 0. The average Bonchev–Trinajstić information content (AvgIpc) is 2.35. The number of nitrogens with zero attached hydrogens (tertiary/aromatic N) is 2. The zero-order chi connectivity index (χ0) is 13.7. The molecule has 0 saturated heterocycles. The number of carbonyl (C=O) groups is 2. The third kappa shape index (κ3) is 3.51. The molecule has 0 bridgehead atoms. The van der Waals surface area contributed by atoms with E-state index in [9.17, 15) is 14.0 Å². The lowest BCUT2D eigenvalue weighted by molar-refractivity contribution is -0.138. The fourth-order valence-electron chi connectivity index (χ4n) is 1.44. The van der Waals surface area contributed by atoms with E-state index in [1.54, 1.807) is 6.92 Å². The van der Waals surface area contributed by atoms with Crippen molar-refractivity contribution in [3.63, 3.8) is 0 Å². The van der Waals surface area contributed by atoms with E-state index in [0.717, 1.165) is 12.3 Å². The lowest BCUT2D eigenvalue weighted by atomic mass is 10.2. The number of aromatic nitrogens is 1. The minimum atomic E-state index is -1.09. The van der Waals surface area contributed by atoms with E-state index in [-0.39, 0.29) is 11.7 Å². The first kappa shape index (κ1) is 14.1. The SMILES string of the molecule is CCC(C)N(CC(=O)O)C(=O)c1ccc(F)cn1. The van der Waals surface area contributed by atoms with E-state index in [4.69, 9.17) is 5.11 Å². The number of halogens is 1. The van der Waals surface area contributed by atoms with Crippen molar-refractivity contribution in [3.05, 3.63) is 29.8 Å². The van der Waals surface area contributed by atoms with Gasteiger partial charge in [0.15, 0.2) is 0 Å². The molecule has 1 heterocycles. The average molecular weight is 254 g/mol. The highest BCUT2D eigenvalue weighted by atomic mass is 19.1. The van der Waals surface area contributed by atoms with E-state index in [0.29, 0.717) is 6.42 Å². The largest absolute Gasteiger partial charge is 0.480 e. The Morgan fingerprint density at radius 2 is 2.17 bits per heavy atom. The Morgan fingerprint density at radius 3 is 2.61 bits per heavy atom. The summed E-state index contributed by atoms with van der Waals surface area (Å²) in [6.45, 7) is 3.21. The van der Waals surface area contributed by atoms with Crippen LogP contribution < -0.4 is 0 Å². The van der Waals surface area contributed by atoms with Crippen LogP contribution in [0.25, 0.3) is 0 Å². The minimum absolute atomic E-state index is 0.0398. The third-order valence-electron chi connectivity index (χ3n) is 2.64. The van der Waals surface area contributed by atoms with Crippen LogP contribution in [0.4, 0.5) is 4.39 Å². The number of hydrogen-bond acceptors (Lipinski definition) is 3. The van der Waals surface area contributed by atoms with E-state index >= 15 is 0 Å². The van der Waals surface area contributed by atoms with Crippen molar-refractivity contribution >= 4 is 11.9 Å². The molecule has 0 aliphatic rings. The maximum Gasteiger partial charge on any atom is 0.323 e. The van der Waals surface area contributed by atoms with Crippen LogP contribution in [0.1, 0.15) is 30.8 Å². The maximum absolute atomic E-state index is 12.7. The number of aliphatic carboxylic acids is 1. The highest BCUT2D eigenvalue weighted by Crippen LogP contribution is 2.09. The summed E-state index contributed by atoms with van der Waals surface area (Å²) in [4.78, 5) is 27.7. The van der Waals surface area contributed by atoms with Crippen molar-refractivity contribution in [2.75, 3.05) is 6.54 Å². The van der Waals surface area contributed by atoms with Gasteiger partial charge in [-0.15, -0.1) is 0 Å². The van der Waals surface area contributed by atoms with Gasteiger partial charge in [0.2, 0.25) is 0 Å². The molecule has 0 aliphatic carbocycles. The molecular weight excluding hydrogens is 239 g/mol. The van der Waals surface area contributed by atoms with Crippen LogP contribution in [0.2, 0.25) is 0 Å². The molecule has 1 aromatic rings. The summed E-state index contributed by atoms with van der Waals surface area (Å²) in [6, 6.07) is 2.14. The molecule has 0 saturated carbocycles. The first-order chi connectivity index (χ1) is 8.45. The van der Waals surface area contributed by atoms with Gasteiger partial charge in [-0.3, -0.25) is 9.59 Å². The fourth-order valence-corrected chi connectivity index (χ4v) is 1.44. The zero-order valence-electron chi connectivity index (χ0n) is 10.3. The number of carboxylic acids is 1. The number of rotatable bonds is 5. The second-order valence-electron chi connectivity index (χ2n) is 3.95. The second-order valence-corrected chi connectivity index (χ2v) is 3.95. The van der Waals surface area contributed by atoms with Gasteiger partial charge in [-0.25, -0.2) is 9.37 Å². The third-order valence-corrected chi connectivity index (χ3v) is 2.64. The standard InChI is InChI=1S/C12H15FN2O3/c1-3-8(2)15(7-11(16)17)12(18)10-5-4-9(13)6-14-10/h4-6,8H,3,7H2,1-2H3,(H,16,17). The van der Waals surface area contributed by atoms with Crippen LogP contribution in [0.5, 0.6) is 0 Å². The van der Waals surface area contributed by atoms with Gasteiger partial charge in [-0.1, -0.05) is 6.92 Å². The molecule has 0 aliphatic heterocycles. The second kappa shape index (κ2) is 6.09. The highest BCUT2D eigenvalue weighted by Gasteiger charge is 2.23. The van der Waals surface area contributed by atoms with Crippen LogP contribution in [-0.4, -0.2) is 39.5 Å². The quantitative estimate of drug-likeness (QED) is 0.865. The van der Waals surface area contributed by atoms with Crippen LogP contribution in [0.3, 0.4) is 0 Å². The summed E-state index contributed by atoms with van der Waals surface area (Å²) in [5.41, 5.74) is 0.0398. The zero-order valence-corrected chi connectivity index (χ0v) is 10.3. The molecule has 0 spiro atoms. The van der Waals surface area contributed by atoms with Crippen molar-refractivity contribution in [2.45, 2.75) is 26.3 Å². The molecule has 0 radical (unpaired) electrons. The molecule has 1 unspecified atom stereocenters. The summed E-state index contributed by atoms with van der Waals surface area (Å²) in [5.74, 6) is -2.14. The van der Waals surface area contributed by atoms with Gasteiger partial charge in [0.25, 0.3) is 5.91 Å². The van der Waals surface area contributed by atoms with Gasteiger partial charge in [0.05, 0.1) is 6.20 Å². The molecular formula is C12H15FN2O3. The number of carbonyl (C=O) groups excluding carboxylic acids is 1. The molecule has 1 atom stereocenters. The summed E-state index contributed by atoms with van der Waals surface area (Å²) < 4.78 is 12.7. The number of amides is 1. The Kier molecular flexibility index (Phi) is 4.76. The Balaban J connectivity index is 2.94. The van der Waals surface area contributed by atoms with Crippen molar-refractivity contribution < 1.29 is 19.1 Å². The Labute approximate surface area is 104 Å². The Hall–Kier alpha value is -1.98. The predicted molar refractivity (Wildman–Crippen MR) is 62.6 cm³/mol. The van der Waals surface area contributed by atoms with Crippen LogP contribution in [-0.2, 0) is 4.79 Å². The van der Waals surface area contributed by atoms with E-state index in [1.165, 1.54) is 11.0 Å². The van der Waals surface area contributed by atoms with Crippen LogP contribution in [0.15, 0.2) is 18.3 Å². The molecule has 98 valence electrons. The topological polar surface area (TPSA) is 70.5 Å². The monoisotopic (exact) mass is 254 g/mol. The predicted octanol–water partition coefficient (Wildman–Crippen LogP) is 1.55. The number of hydrogen-bond donors (Lipinski definition) is 1. The van der Waals surface area contributed by atoms with Crippen molar-refractivity contribution in [1.29, 1.82) is 0 Å². The molecule has 0 fully saturated rings. The van der Waals surface area contributed by atoms with Crippen molar-refractivity contribution in [2.24, 2.45) is 0 Å². The molecule has 5 nitrogen and oxygen atoms in total. The normalized spacial score (nSPS) is 11.9. The van der Waals surface area contributed by atoms with Crippen molar-refractivity contribution in [1.82, 2.24) is 9.88 Å². The van der Waals surface area contributed by atoms with Gasteiger partial charge >= 0.3 is 5.97 Å². The van der Waals surface area contributed by atoms with Gasteiger partial charge < -0.3 is 10.0 Å². The molecule has 1 amide bonds. The molecule has 6 heteroatoms. The molecule has 1 aromatic heterocycles. The Morgan fingerprint density at radius 1 is 1.50 bits per heavy atom. The molecule has 1 rings (SSSR count). The van der Waals surface area contributed by atoms with Gasteiger partial charge in [-0.05, 0) is 25.5 Å². The smallest absolute Gasteiger partial charge is 0.323 e. The molecule has 0 aromatic carbocycles. The highest BCUT2D eigenvalue weighted by molar-refractivity contribution is 5.94. The van der Waals surface area contributed by atoms with E-state index < -0.39 is 24.2 Å². The first-order valence-corrected chi connectivity index (χ1v) is 5.60. The molecule has 18 heavy (non-hydrogen) atoms. The minimum Gasteiger partial charge on any atom is -0.480 e. The Bertz CT molecular complexity index is 433. The van der Waals surface area contributed by atoms with Gasteiger partial charge in [0.1, 0.15) is 18.1 Å². The fraction of sp³-hybridized carbons (Fsp3) is 0.417. The van der Waals surface area contributed by atoms with Gasteiger partial charge in [0, 0.05) is 6.04 Å². The number of carboxylic acid groups (broad SMARTS) is 1. The van der Waals surface area contributed by atoms with Crippen LogP contribution in [0, 0.1) is 5.82 Å². The van der Waals surface area contributed by atoms with Crippen molar-refractivity contribution in [3.8, 4) is 0 Å². The number of pyridine rings is 1. The van der Waals surface area contributed by atoms with E-state index in [1.807, 2.05) is 6.92 Å². The summed E-state index contributed by atoms with van der Waals surface area (Å²) in [5, 5.41) is 8.79. The van der Waals surface area contributed by atoms with Crippen LogP contribution >= 0.6 is 0 Å².